The summed E-state index contributed by atoms with van der Waals surface area (Å²) < 4.78 is 3.11. The van der Waals surface area contributed by atoms with Gasteiger partial charge in [0.2, 0.25) is 5.95 Å². The molecule has 0 spiro atoms. The minimum absolute atomic E-state index is 0.00661. The number of anilines is 1. The van der Waals surface area contributed by atoms with Crippen LogP contribution in [0.1, 0.15) is 42.2 Å². The Morgan fingerprint density at radius 1 is 1.24 bits per heavy atom. The maximum Gasteiger partial charge on any atom is 0.267 e. The molecule has 10 nitrogen and oxygen atoms in total. The van der Waals surface area contributed by atoms with Gasteiger partial charge in [-0.15, -0.1) is 5.10 Å². The molecule has 1 fully saturated rings. The van der Waals surface area contributed by atoms with E-state index < -0.39 is 5.91 Å². The van der Waals surface area contributed by atoms with Gasteiger partial charge in [-0.05, 0) is 31.4 Å². The quantitative estimate of drug-likeness (QED) is 0.643. The van der Waals surface area contributed by atoms with E-state index in [1.54, 1.807) is 29.2 Å². The van der Waals surface area contributed by atoms with E-state index in [4.69, 9.17) is 11.5 Å². The van der Waals surface area contributed by atoms with Crippen LogP contribution in [0.3, 0.4) is 0 Å². The second kappa shape index (κ2) is 7.24. The lowest BCUT2D eigenvalue weighted by Gasteiger charge is -2.20. The number of carbonyl (C=O) groups is 1. The van der Waals surface area contributed by atoms with E-state index in [9.17, 15) is 15.3 Å². The Bertz CT molecular complexity index is 1160. The fraction of sp³-hybridized carbons (Fsp3) is 0.368. The molecule has 0 radical (unpaired) electrons. The minimum atomic E-state index is -0.623. The monoisotopic (exact) mass is 389 g/mol. The van der Waals surface area contributed by atoms with Gasteiger partial charge in [-0.25, -0.2) is 9.50 Å². The molecule has 1 aliphatic carbocycles. The molecule has 1 aliphatic rings. The molecule has 4 rings (SSSR count). The van der Waals surface area contributed by atoms with Crippen molar-refractivity contribution in [1.29, 1.82) is 10.5 Å². The Morgan fingerprint density at radius 2 is 2.07 bits per heavy atom. The lowest BCUT2D eigenvalue weighted by atomic mass is 9.94. The summed E-state index contributed by atoms with van der Waals surface area (Å²) in [6.07, 6.45) is 6.40. The predicted octanol–water partition coefficient (Wildman–Crippen LogP) is 1.67. The second-order valence-corrected chi connectivity index (χ2v) is 7.20. The first-order valence-corrected chi connectivity index (χ1v) is 9.30. The maximum absolute atomic E-state index is 11.6. The number of amides is 1. The number of nitrogens with zero attached hydrogens (tertiary/aromatic N) is 7. The number of fused-ring (bicyclic) bond motifs is 1. The molecule has 0 aromatic carbocycles. The van der Waals surface area contributed by atoms with Crippen molar-refractivity contribution in [2.45, 2.75) is 31.7 Å². The number of nitriles is 2. The van der Waals surface area contributed by atoms with Crippen LogP contribution in [0.15, 0.2) is 24.5 Å². The van der Waals surface area contributed by atoms with Crippen LogP contribution in [0.25, 0.3) is 16.8 Å². The van der Waals surface area contributed by atoms with Crippen LogP contribution in [0.5, 0.6) is 0 Å². The minimum Gasteiger partial charge on any atom is -0.367 e. The highest BCUT2D eigenvalue weighted by Gasteiger charge is 2.30. The summed E-state index contributed by atoms with van der Waals surface area (Å²) in [7, 11) is 0. The van der Waals surface area contributed by atoms with Gasteiger partial charge in [-0.3, -0.25) is 9.48 Å². The van der Waals surface area contributed by atoms with E-state index in [1.165, 1.54) is 4.52 Å². The molecular formula is C19H19N9O. The molecule has 0 saturated heterocycles. The molecule has 0 bridgehead atoms. The van der Waals surface area contributed by atoms with Gasteiger partial charge in [0.25, 0.3) is 5.91 Å². The Labute approximate surface area is 166 Å². The highest BCUT2D eigenvalue weighted by Crippen LogP contribution is 2.36. The fourth-order valence-electron chi connectivity index (χ4n) is 3.96. The number of primary amides is 1. The summed E-state index contributed by atoms with van der Waals surface area (Å²) in [6, 6.07) is 7.78. The van der Waals surface area contributed by atoms with Crippen molar-refractivity contribution in [2.75, 3.05) is 5.73 Å². The number of aromatic nitrogens is 5. The molecule has 1 saturated carbocycles. The van der Waals surface area contributed by atoms with Crippen molar-refractivity contribution < 1.29 is 4.79 Å². The van der Waals surface area contributed by atoms with Crippen LogP contribution in [-0.4, -0.2) is 30.3 Å². The van der Waals surface area contributed by atoms with Crippen LogP contribution in [-0.2, 0) is 0 Å². The van der Waals surface area contributed by atoms with Crippen molar-refractivity contribution in [1.82, 2.24) is 24.4 Å². The van der Waals surface area contributed by atoms with Gasteiger partial charge < -0.3 is 11.5 Å². The van der Waals surface area contributed by atoms with Gasteiger partial charge >= 0.3 is 0 Å². The molecule has 146 valence electrons. The van der Waals surface area contributed by atoms with Crippen molar-refractivity contribution >= 4 is 17.4 Å². The molecule has 1 amide bonds. The first-order valence-electron chi connectivity index (χ1n) is 9.30. The van der Waals surface area contributed by atoms with E-state index in [0.717, 1.165) is 19.3 Å². The normalized spacial score (nSPS) is 21.9. The van der Waals surface area contributed by atoms with Crippen LogP contribution >= 0.6 is 0 Å². The number of nitrogen functional groups attached to an aromatic ring is 1. The summed E-state index contributed by atoms with van der Waals surface area (Å²) in [5.41, 5.74) is 13.2. The van der Waals surface area contributed by atoms with Crippen LogP contribution in [0, 0.1) is 34.5 Å². The van der Waals surface area contributed by atoms with Crippen LogP contribution in [0.2, 0.25) is 0 Å². The van der Waals surface area contributed by atoms with Gasteiger partial charge in [0.15, 0.2) is 0 Å². The standard InChI is InChI=1S/C19H19N9O/c20-7-11-2-1-3-12(8-21)16(6-11)27-10-13(9-24-27)17-14-4-5-15(18(22)29)28(14)26-19(23)25-17/h4-5,9-12,16H,1-3,6H2,(H2,22,29)(H2,23,26)/t11-,12?,16-/m1/s1. The van der Waals surface area contributed by atoms with Crippen LogP contribution in [0.4, 0.5) is 5.95 Å². The molecule has 29 heavy (non-hydrogen) atoms. The first kappa shape index (κ1) is 18.4. The lowest BCUT2D eigenvalue weighted by molar-refractivity contribution is 0.0994. The number of carbonyl (C=O) groups excluding carboxylic acids is 1. The summed E-state index contributed by atoms with van der Waals surface area (Å²) >= 11 is 0. The predicted molar refractivity (Wildman–Crippen MR) is 103 cm³/mol. The zero-order valence-electron chi connectivity index (χ0n) is 15.6. The largest absolute Gasteiger partial charge is 0.367 e. The summed E-state index contributed by atoms with van der Waals surface area (Å²) in [6.45, 7) is 0. The van der Waals surface area contributed by atoms with Gasteiger partial charge in [0, 0.05) is 17.7 Å². The smallest absolute Gasteiger partial charge is 0.267 e. The Kier molecular flexibility index (Phi) is 4.61. The molecule has 4 N–H and O–H groups in total. The van der Waals surface area contributed by atoms with E-state index >= 15 is 0 Å². The topological polar surface area (TPSA) is 165 Å². The molecular weight excluding hydrogens is 370 g/mol. The second-order valence-electron chi connectivity index (χ2n) is 7.20. The number of nitrogens with two attached hydrogens (primary N) is 2. The molecule has 0 aliphatic heterocycles. The summed E-state index contributed by atoms with van der Waals surface area (Å²) in [5.74, 6) is -0.946. The first-order chi connectivity index (χ1) is 14.0. The van der Waals surface area contributed by atoms with Crippen molar-refractivity contribution in [3.63, 3.8) is 0 Å². The van der Waals surface area contributed by atoms with Gasteiger partial charge in [-0.2, -0.15) is 15.6 Å². The van der Waals surface area contributed by atoms with Crippen molar-refractivity contribution in [2.24, 2.45) is 17.6 Å². The fourth-order valence-corrected chi connectivity index (χ4v) is 3.96. The number of hydrogen-bond acceptors (Lipinski definition) is 7. The third-order valence-electron chi connectivity index (χ3n) is 5.40. The van der Waals surface area contributed by atoms with E-state index in [1.807, 2.05) is 0 Å². The molecule has 3 aromatic heterocycles. The maximum atomic E-state index is 11.6. The lowest BCUT2D eigenvalue weighted by Crippen LogP contribution is -2.19. The van der Waals surface area contributed by atoms with Gasteiger partial charge in [-0.1, -0.05) is 6.42 Å². The van der Waals surface area contributed by atoms with E-state index in [2.05, 4.69) is 27.3 Å². The average molecular weight is 389 g/mol. The molecule has 3 atom stereocenters. The molecule has 10 heteroatoms. The number of rotatable bonds is 3. The van der Waals surface area contributed by atoms with Crippen molar-refractivity contribution in [3.05, 3.63) is 30.2 Å². The molecule has 1 unspecified atom stereocenters. The van der Waals surface area contributed by atoms with Crippen molar-refractivity contribution in [3.8, 4) is 23.4 Å². The zero-order chi connectivity index (χ0) is 20.5. The average Bonchev–Trinajstić information content (AvgIpc) is 3.30. The Morgan fingerprint density at radius 3 is 2.79 bits per heavy atom. The van der Waals surface area contributed by atoms with Gasteiger partial charge in [0.05, 0.1) is 35.8 Å². The zero-order valence-corrected chi connectivity index (χ0v) is 15.6. The highest BCUT2D eigenvalue weighted by atomic mass is 16.1. The van der Waals surface area contributed by atoms with Crippen LogP contribution < -0.4 is 11.5 Å². The third-order valence-corrected chi connectivity index (χ3v) is 5.40. The third kappa shape index (κ3) is 3.25. The molecule has 3 heterocycles. The Balaban J connectivity index is 1.77. The van der Waals surface area contributed by atoms with E-state index in [-0.39, 0.29) is 29.5 Å². The highest BCUT2D eigenvalue weighted by molar-refractivity contribution is 5.93. The number of hydrogen-bond donors (Lipinski definition) is 2. The van der Waals surface area contributed by atoms with E-state index in [0.29, 0.717) is 23.2 Å². The Hall–Kier alpha value is -3.92. The molecule has 3 aromatic rings. The summed E-state index contributed by atoms with van der Waals surface area (Å²) in [4.78, 5) is 15.9. The van der Waals surface area contributed by atoms with Gasteiger partial charge in [0.1, 0.15) is 11.4 Å². The summed E-state index contributed by atoms with van der Waals surface area (Å²) in [5, 5.41) is 27.5. The SMILES string of the molecule is N#CC1CCC[C@@H](C#N)C[C@H]1n1cc(-c2nc(N)nn3c(C(N)=O)ccc23)cn1.